The molecule has 1 heterocycles. The number of H-pyrrole nitrogens is 1. The maximum Gasteiger partial charge on any atom is 0.252 e. The highest BCUT2D eigenvalue weighted by molar-refractivity contribution is 5.81. The summed E-state index contributed by atoms with van der Waals surface area (Å²) in [7, 11) is 0. The molecule has 3 rings (SSSR count). The number of unbranched alkanes of at least 4 members (excludes halogenated alkanes) is 3. The molecule has 32 heavy (non-hydrogen) atoms. The first-order valence-electron chi connectivity index (χ1n) is 11.0. The number of hydrogen-bond acceptors (Lipinski definition) is 6. The molecule has 3 aromatic rings. The molecule has 0 fully saturated rings. The lowest BCUT2D eigenvalue weighted by Gasteiger charge is -2.12. The van der Waals surface area contributed by atoms with Crippen LogP contribution in [-0.2, 0) is 0 Å². The Bertz CT molecular complexity index is 1060. The van der Waals surface area contributed by atoms with Crippen molar-refractivity contribution in [3.63, 3.8) is 0 Å². The normalized spacial score (nSPS) is 10.9. The summed E-state index contributed by atoms with van der Waals surface area (Å²) >= 11 is 0. The van der Waals surface area contributed by atoms with Gasteiger partial charge in [-0.25, -0.2) is 10.4 Å². The number of aromatic amines is 1. The van der Waals surface area contributed by atoms with Crippen molar-refractivity contribution in [3.8, 4) is 22.8 Å². The molecule has 0 aliphatic rings. The fourth-order valence-electron chi connectivity index (χ4n) is 3.14. The first-order valence-corrected chi connectivity index (χ1v) is 11.0. The van der Waals surface area contributed by atoms with Crippen LogP contribution in [-0.4, -0.2) is 29.4 Å². The molecule has 0 atom stereocenters. The molecule has 0 radical (unpaired) electrons. The van der Waals surface area contributed by atoms with Gasteiger partial charge in [-0.3, -0.25) is 9.78 Å². The van der Waals surface area contributed by atoms with Crippen molar-refractivity contribution in [2.24, 2.45) is 5.10 Å². The summed E-state index contributed by atoms with van der Waals surface area (Å²) in [6, 6.07) is 16.7. The molecule has 7 heteroatoms. The first-order chi connectivity index (χ1) is 15.7. The van der Waals surface area contributed by atoms with Gasteiger partial charge < -0.3 is 9.47 Å². The van der Waals surface area contributed by atoms with Crippen molar-refractivity contribution >= 4 is 12.2 Å². The lowest BCUT2D eigenvalue weighted by atomic mass is 10.1. The van der Waals surface area contributed by atoms with Gasteiger partial charge in [0, 0.05) is 11.6 Å². The number of anilines is 1. The Balaban J connectivity index is 1.66. The summed E-state index contributed by atoms with van der Waals surface area (Å²) < 4.78 is 11.6. The van der Waals surface area contributed by atoms with E-state index in [9.17, 15) is 4.79 Å². The van der Waals surface area contributed by atoms with Crippen LogP contribution < -0.4 is 20.5 Å². The zero-order chi connectivity index (χ0) is 22.6. The number of hydrogen-bond donors (Lipinski definition) is 2. The van der Waals surface area contributed by atoms with Gasteiger partial charge >= 0.3 is 0 Å². The molecule has 0 saturated carbocycles. The van der Waals surface area contributed by atoms with Crippen LogP contribution in [0.15, 0.2) is 64.5 Å². The molecule has 2 N–H and O–H groups in total. The summed E-state index contributed by atoms with van der Waals surface area (Å²) in [5, 5.41) is 4.21. The van der Waals surface area contributed by atoms with Crippen LogP contribution in [0.5, 0.6) is 11.5 Å². The number of nitrogens with zero attached hydrogens (tertiary/aromatic N) is 2. The first kappa shape index (κ1) is 23.1. The van der Waals surface area contributed by atoms with Crippen LogP contribution >= 0.6 is 0 Å². The van der Waals surface area contributed by atoms with E-state index in [-0.39, 0.29) is 11.5 Å². The lowest BCUT2D eigenvalue weighted by Crippen LogP contribution is -2.10. The Morgan fingerprint density at radius 1 is 1.00 bits per heavy atom. The molecule has 7 nitrogen and oxygen atoms in total. The molecule has 0 aliphatic carbocycles. The van der Waals surface area contributed by atoms with Gasteiger partial charge in [0.05, 0.1) is 25.1 Å². The van der Waals surface area contributed by atoms with E-state index in [0.717, 1.165) is 23.3 Å². The standard InChI is InChI=1S/C25H30N4O3/c1-3-5-6-10-15-32-22-14-13-19(16-23(22)31-4-2)18-26-29-25-27-21(17-24(30)28-25)20-11-8-7-9-12-20/h7-9,11-14,16-18H,3-6,10,15H2,1-2H3,(H2,27,28,29,30)/b26-18+. The number of benzene rings is 2. The predicted octanol–water partition coefficient (Wildman–Crippen LogP) is 5.24. The van der Waals surface area contributed by atoms with Gasteiger partial charge in [-0.05, 0) is 37.1 Å². The Morgan fingerprint density at radius 2 is 1.84 bits per heavy atom. The zero-order valence-electron chi connectivity index (χ0n) is 18.6. The molecule has 0 unspecified atom stereocenters. The third-order valence-electron chi connectivity index (χ3n) is 4.72. The Hall–Kier alpha value is -3.61. The quantitative estimate of drug-likeness (QED) is 0.231. The second kappa shape index (κ2) is 12.3. The Labute approximate surface area is 188 Å². The van der Waals surface area contributed by atoms with E-state index in [2.05, 4.69) is 27.4 Å². The van der Waals surface area contributed by atoms with Crippen LogP contribution in [0.4, 0.5) is 5.95 Å². The molecule has 2 aromatic carbocycles. The maximum atomic E-state index is 12.0. The number of hydrazone groups is 1. The summed E-state index contributed by atoms with van der Waals surface area (Å²) in [6.45, 7) is 5.35. The number of aromatic nitrogens is 2. The van der Waals surface area contributed by atoms with Crippen LogP contribution in [0.2, 0.25) is 0 Å². The van der Waals surface area contributed by atoms with Crippen LogP contribution in [0.3, 0.4) is 0 Å². The average Bonchev–Trinajstić information content (AvgIpc) is 2.80. The number of rotatable bonds is 12. The van der Waals surface area contributed by atoms with E-state index in [0.29, 0.717) is 24.7 Å². The minimum atomic E-state index is -0.254. The van der Waals surface area contributed by atoms with Gasteiger partial charge in [-0.1, -0.05) is 56.5 Å². The smallest absolute Gasteiger partial charge is 0.252 e. The molecule has 0 aliphatic heterocycles. The molecule has 168 valence electrons. The van der Waals surface area contributed by atoms with Crippen molar-refractivity contribution in [2.45, 2.75) is 39.5 Å². The summed E-state index contributed by atoms with van der Waals surface area (Å²) in [4.78, 5) is 19.1. The lowest BCUT2D eigenvalue weighted by molar-refractivity contribution is 0.270. The SMILES string of the molecule is CCCCCCOc1ccc(/C=N/Nc2nc(-c3ccccc3)cc(=O)[nH]2)cc1OCC. The Morgan fingerprint density at radius 3 is 2.62 bits per heavy atom. The fourth-order valence-corrected chi connectivity index (χ4v) is 3.14. The molecule has 0 spiro atoms. The fraction of sp³-hybridized carbons (Fsp3) is 0.320. The van der Waals surface area contributed by atoms with Gasteiger partial charge in [0.2, 0.25) is 5.95 Å². The minimum Gasteiger partial charge on any atom is -0.490 e. The van der Waals surface area contributed by atoms with Crippen LogP contribution in [0.25, 0.3) is 11.3 Å². The van der Waals surface area contributed by atoms with Crippen molar-refractivity contribution in [2.75, 3.05) is 18.6 Å². The van der Waals surface area contributed by atoms with Crippen molar-refractivity contribution < 1.29 is 9.47 Å². The van der Waals surface area contributed by atoms with Crippen LogP contribution in [0.1, 0.15) is 45.1 Å². The summed E-state index contributed by atoms with van der Waals surface area (Å²) in [5.74, 6) is 1.68. The second-order valence-electron chi connectivity index (χ2n) is 7.26. The van der Waals surface area contributed by atoms with Gasteiger partial charge in [-0.2, -0.15) is 5.10 Å². The third-order valence-corrected chi connectivity index (χ3v) is 4.72. The Kier molecular flexibility index (Phi) is 8.86. The second-order valence-corrected chi connectivity index (χ2v) is 7.26. The van der Waals surface area contributed by atoms with E-state index >= 15 is 0 Å². The average molecular weight is 435 g/mol. The minimum absolute atomic E-state index is 0.254. The number of nitrogens with one attached hydrogen (secondary N) is 2. The highest BCUT2D eigenvalue weighted by Gasteiger charge is 2.06. The molecule has 0 bridgehead atoms. The van der Waals surface area contributed by atoms with Crippen molar-refractivity contribution in [1.29, 1.82) is 0 Å². The zero-order valence-corrected chi connectivity index (χ0v) is 18.6. The molecular formula is C25H30N4O3. The number of ether oxygens (including phenoxy) is 2. The van der Waals surface area contributed by atoms with E-state index in [4.69, 9.17) is 9.47 Å². The van der Waals surface area contributed by atoms with Crippen molar-refractivity contribution in [3.05, 3.63) is 70.5 Å². The predicted molar refractivity (Wildman–Crippen MR) is 129 cm³/mol. The summed E-state index contributed by atoms with van der Waals surface area (Å²) in [6.07, 6.45) is 6.26. The van der Waals surface area contributed by atoms with Crippen LogP contribution in [0, 0.1) is 0 Å². The van der Waals surface area contributed by atoms with Gasteiger partial charge in [-0.15, -0.1) is 0 Å². The summed E-state index contributed by atoms with van der Waals surface area (Å²) in [5.41, 5.74) is 4.81. The van der Waals surface area contributed by atoms with Gasteiger partial charge in [0.1, 0.15) is 0 Å². The molecule has 0 amide bonds. The van der Waals surface area contributed by atoms with Gasteiger partial charge in [0.25, 0.3) is 5.56 Å². The van der Waals surface area contributed by atoms with E-state index in [1.54, 1.807) is 6.21 Å². The molecule has 1 aromatic heterocycles. The largest absolute Gasteiger partial charge is 0.490 e. The third kappa shape index (κ3) is 6.97. The molecule has 0 saturated heterocycles. The van der Waals surface area contributed by atoms with E-state index in [1.165, 1.54) is 25.3 Å². The topological polar surface area (TPSA) is 88.6 Å². The van der Waals surface area contributed by atoms with Gasteiger partial charge in [0.15, 0.2) is 11.5 Å². The highest BCUT2D eigenvalue weighted by atomic mass is 16.5. The van der Waals surface area contributed by atoms with Crippen molar-refractivity contribution in [1.82, 2.24) is 9.97 Å². The van der Waals surface area contributed by atoms with E-state index < -0.39 is 0 Å². The molecular weight excluding hydrogens is 404 g/mol. The monoisotopic (exact) mass is 434 g/mol. The highest BCUT2D eigenvalue weighted by Crippen LogP contribution is 2.28. The van der Waals surface area contributed by atoms with E-state index in [1.807, 2.05) is 55.5 Å². The maximum absolute atomic E-state index is 12.0.